The lowest BCUT2D eigenvalue weighted by Crippen LogP contribution is -2.24. The van der Waals surface area contributed by atoms with Crippen molar-refractivity contribution in [3.05, 3.63) is 34.7 Å². The molecule has 1 aliphatic rings. The number of amides is 1. The van der Waals surface area contributed by atoms with Crippen molar-refractivity contribution in [2.75, 3.05) is 40.8 Å². The number of benzene rings is 1. The Balaban J connectivity index is 1.84. The molecule has 1 aromatic carbocycles. The van der Waals surface area contributed by atoms with Gasteiger partial charge in [-0.1, -0.05) is 38.3 Å². The summed E-state index contributed by atoms with van der Waals surface area (Å²) in [5.74, 6) is 0.708. The monoisotopic (exact) mass is 403 g/mol. The van der Waals surface area contributed by atoms with Crippen LogP contribution in [-0.2, 0) is 4.79 Å². The number of rotatable bonds is 11. The van der Waals surface area contributed by atoms with E-state index in [1.54, 1.807) is 0 Å². The van der Waals surface area contributed by atoms with Gasteiger partial charge >= 0.3 is 0 Å². The van der Waals surface area contributed by atoms with E-state index in [1.165, 1.54) is 31.0 Å². The van der Waals surface area contributed by atoms with Gasteiger partial charge < -0.3 is 14.5 Å². The first-order valence-corrected chi connectivity index (χ1v) is 10.9. The average molecular weight is 404 g/mol. The third kappa shape index (κ3) is 7.68. The van der Waals surface area contributed by atoms with E-state index in [2.05, 4.69) is 35.8 Å². The molecule has 5 nitrogen and oxygen atoms in total. The van der Waals surface area contributed by atoms with Crippen molar-refractivity contribution in [2.45, 2.75) is 39.0 Å². The maximum atomic E-state index is 12.2. The van der Waals surface area contributed by atoms with Crippen molar-refractivity contribution < 1.29 is 9.53 Å². The topological polar surface area (TPSA) is 45.1 Å². The predicted octanol–water partition coefficient (Wildman–Crippen LogP) is 4.50. The Morgan fingerprint density at radius 1 is 1.04 bits per heavy atom. The zero-order valence-electron chi connectivity index (χ0n) is 17.6. The molecule has 1 aromatic rings. The lowest BCUT2D eigenvalue weighted by molar-refractivity contribution is -0.113. The van der Waals surface area contributed by atoms with Gasteiger partial charge in [-0.15, -0.1) is 0 Å². The average Bonchev–Trinajstić information content (AvgIpc) is 3.04. The van der Waals surface area contributed by atoms with Crippen LogP contribution in [0.4, 0.5) is 0 Å². The van der Waals surface area contributed by atoms with Crippen LogP contribution in [0.25, 0.3) is 6.08 Å². The molecule has 0 fully saturated rings. The second-order valence-corrected chi connectivity index (χ2v) is 8.38. The lowest BCUT2D eigenvalue weighted by Gasteiger charge is -2.17. The van der Waals surface area contributed by atoms with Gasteiger partial charge in [-0.05, 0) is 62.5 Å². The van der Waals surface area contributed by atoms with E-state index < -0.39 is 0 Å². The van der Waals surface area contributed by atoms with Gasteiger partial charge in [0.15, 0.2) is 5.17 Å². The quantitative estimate of drug-likeness (QED) is 0.402. The van der Waals surface area contributed by atoms with Crippen molar-refractivity contribution in [1.82, 2.24) is 9.80 Å². The highest BCUT2D eigenvalue weighted by Crippen LogP contribution is 2.30. The molecule has 154 valence electrons. The largest absolute Gasteiger partial charge is 0.494 e. The fraction of sp³-hybridized carbons (Fsp3) is 0.545. The molecule has 1 amide bonds. The second kappa shape index (κ2) is 11.9. The molecule has 0 aromatic heterocycles. The van der Waals surface area contributed by atoms with Crippen LogP contribution in [0.1, 0.15) is 44.6 Å². The van der Waals surface area contributed by atoms with E-state index in [-0.39, 0.29) is 5.91 Å². The van der Waals surface area contributed by atoms with Crippen LogP contribution in [0.15, 0.2) is 34.2 Å². The molecule has 0 atom stereocenters. The fourth-order valence-corrected chi connectivity index (χ4v) is 3.72. The SMILES string of the molecule is CCCCCCN(C)C1=NC(=O)/C(=C/c2ccc(OCCCN(C)C)cc2)S1. The highest BCUT2D eigenvalue weighted by atomic mass is 32.2. The van der Waals surface area contributed by atoms with Gasteiger partial charge in [-0.25, -0.2) is 0 Å². The minimum absolute atomic E-state index is 0.149. The standard InChI is InChI=1S/C22H33N3O2S/c1-5-6-7-8-15-25(4)22-23-21(26)20(28-22)17-18-10-12-19(13-11-18)27-16-9-14-24(2)3/h10-13,17H,5-9,14-16H2,1-4H3/b20-17-. The molecule has 1 heterocycles. The van der Waals surface area contributed by atoms with Gasteiger partial charge in [-0.2, -0.15) is 4.99 Å². The number of hydrogen-bond acceptors (Lipinski definition) is 5. The molecule has 0 bridgehead atoms. The van der Waals surface area contributed by atoms with E-state index >= 15 is 0 Å². The zero-order valence-corrected chi connectivity index (χ0v) is 18.4. The highest BCUT2D eigenvalue weighted by Gasteiger charge is 2.24. The zero-order chi connectivity index (χ0) is 20.4. The van der Waals surface area contributed by atoms with Crippen molar-refractivity contribution in [2.24, 2.45) is 4.99 Å². The lowest BCUT2D eigenvalue weighted by atomic mass is 10.2. The van der Waals surface area contributed by atoms with E-state index in [0.29, 0.717) is 11.5 Å². The summed E-state index contributed by atoms with van der Waals surface area (Å²) in [6, 6.07) is 7.87. The Hall–Kier alpha value is -1.79. The van der Waals surface area contributed by atoms with Crippen LogP contribution >= 0.6 is 11.8 Å². The maximum Gasteiger partial charge on any atom is 0.286 e. The van der Waals surface area contributed by atoms with Gasteiger partial charge in [0.1, 0.15) is 5.75 Å². The molecule has 0 N–H and O–H groups in total. The van der Waals surface area contributed by atoms with Crippen LogP contribution in [0.3, 0.4) is 0 Å². The Bertz CT molecular complexity index is 684. The summed E-state index contributed by atoms with van der Waals surface area (Å²) in [7, 11) is 6.13. The van der Waals surface area contributed by atoms with Gasteiger partial charge in [0, 0.05) is 20.1 Å². The highest BCUT2D eigenvalue weighted by molar-refractivity contribution is 8.18. The predicted molar refractivity (Wildman–Crippen MR) is 120 cm³/mol. The third-order valence-electron chi connectivity index (χ3n) is 4.48. The van der Waals surface area contributed by atoms with Crippen LogP contribution in [0.5, 0.6) is 5.75 Å². The van der Waals surface area contributed by atoms with Crippen LogP contribution in [0, 0.1) is 0 Å². The van der Waals surface area contributed by atoms with Crippen LogP contribution in [0.2, 0.25) is 0 Å². The van der Waals surface area contributed by atoms with Crippen LogP contribution < -0.4 is 4.74 Å². The second-order valence-electron chi connectivity index (χ2n) is 7.37. The smallest absolute Gasteiger partial charge is 0.286 e. The fourth-order valence-electron chi connectivity index (χ4n) is 2.82. The molecular weight excluding hydrogens is 370 g/mol. The summed E-state index contributed by atoms with van der Waals surface area (Å²) in [5, 5.41) is 0.800. The van der Waals surface area contributed by atoms with E-state index in [9.17, 15) is 4.79 Å². The summed E-state index contributed by atoms with van der Waals surface area (Å²) in [6.45, 7) is 4.86. The minimum atomic E-state index is -0.149. The van der Waals surface area contributed by atoms with Crippen molar-refractivity contribution in [3.8, 4) is 5.75 Å². The van der Waals surface area contributed by atoms with Gasteiger partial charge in [0.25, 0.3) is 5.91 Å². The number of hydrogen-bond donors (Lipinski definition) is 0. The summed E-state index contributed by atoms with van der Waals surface area (Å²) in [5.41, 5.74) is 0.985. The van der Waals surface area contributed by atoms with Crippen molar-refractivity contribution in [3.63, 3.8) is 0 Å². The summed E-state index contributed by atoms with van der Waals surface area (Å²) < 4.78 is 5.76. The summed E-state index contributed by atoms with van der Waals surface area (Å²) >= 11 is 1.46. The van der Waals surface area contributed by atoms with E-state index in [4.69, 9.17) is 4.74 Å². The van der Waals surface area contributed by atoms with Crippen molar-refractivity contribution >= 4 is 28.9 Å². The first kappa shape index (κ1) is 22.5. The number of aliphatic imine (C=N–C) groups is 1. The molecule has 0 saturated carbocycles. The number of carbonyl (C=O) groups is 1. The Morgan fingerprint density at radius 2 is 1.79 bits per heavy atom. The first-order chi connectivity index (χ1) is 13.5. The third-order valence-corrected chi connectivity index (χ3v) is 5.58. The Kier molecular flexibility index (Phi) is 9.58. The maximum absolute atomic E-state index is 12.2. The van der Waals surface area contributed by atoms with E-state index in [1.807, 2.05) is 37.4 Å². The number of unbranched alkanes of at least 4 members (excludes halogenated alkanes) is 3. The normalized spacial score (nSPS) is 15.4. The van der Waals surface area contributed by atoms with Gasteiger partial charge in [0.2, 0.25) is 0 Å². The number of nitrogens with zero attached hydrogens (tertiary/aromatic N) is 3. The Morgan fingerprint density at radius 3 is 2.46 bits per heavy atom. The molecule has 1 aliphatic heterocycles. The molecule has 0 radical (unpaired) electrons. The molecule has 0 spiro atoms. The molecule has 6 heteroatoms. The summed E-state index contributed by atoms with van der Waals surface area (Å²) in [4.78, 5) is 21.4. The first-order valence-electron chi connectivity index (χ1n) is 10.1. The summed E-state index contributed by atoms with van der Waals surface area (Å²) in [6.07, 6.45) is 7.74. The number of thioether (sulfide) groups is 1. The molecule has 0 aliphatic carbocycles. The van der Waals surface area contributed by atoms with Crippen molar-refractivity contribution in [1.29, 1.82) is 0 Å². The molecule has 0 saturated heterocycles. The van der Waals surface area contributed by atoms with Gasteiger partial charge in [-0.3, -0.25) is 4.79 Å². The Labute approximate surface area is 173 Å². The number of carbonyl (C=O) groups excluding carboxylic acids is 1. The number of ether oxygens (including phenoxy) is 1. The molecular formula is C22H33N3O2S. The molecule has 0 unspecified atom stereocenters. The minimum Gasteiger partial charge on any atom is -0.494 e. The van der Waals surface area contributed by atoms with Crippen LogP contribution in [-0.4, -0.2) is 61.7 Å². The molecule has 2 rings (SSSR count). The molecule has 28 heavy (non-hydrogen) atoms. The number of amidine groups is 1. The van der Waals surface area contributed by atoms with E-state index in [0.717, 1.165) is 42.4 Å². The van der Waals surface area contributed by atoms with Gasteiger partial charge in [0.05, 0.1) is 11.5 Å².